The molecule has 1 aromatic carbocycles. The van der Waals surface area contributed by atoms with Gasteiger partial charge in [-0.25, -0.2) is 4.39 Å². The van der Waals surface area contributed by atoms with Crippen molar-refractivity contribution in [1.82, 2.24) is 5.32 Å². The Morgan fingerprint density at radius 1 is 1.32 bits per heavy atom. The van der Waals surface area contributed by atoms with Crippen molar-refractivity contribution in [3.05, 3.63) is 35.1 Å². The summed E-state index contributed by atoms with van der Waals surface area (Å²) in [4.78, 5) is 11.7. The van der Waals surface area contributed by atoms with Crippen LogP contribution in [0, 0.1) is 18.7 Å². The summed E-state index contributed by atoms with van der Waals surface area (Å²) in [6.45, 7) is 7.51. The minimum Gasteiger partial charge on any atom is -0.468 e. The van der Waals surface area contributed by atoms with E-state index in [9.17, 15) is 9.18 Å². The smallest absolute Gasteiger partial charge is 0.323 e. The Balaban J connectivity index is 2.84. The van der Waals surface area contributed by atoms with Crippen molar-refractivity contribution in [1.29, 1.82) is 0 Å². The molecule has 1 rings (SSSR count). The normalized spacial score (nSPS) is 14.3. The first kappa shape index (κ1) is 15.6. The number of methoxy groups -OCH3 is 1. The van der Waals surface area contributed by atoms with E-state index >= 15 is 0 Å². The van der Waals surface area contributed by atoms with Crippen LogP contribution < -0.4 is 5.32 Å². The monoisotopic (exact) mass is 267 g/mol. The molecule has 0 aliphatic heterocycles. The van der Waals surface area contributed by atoms with Gasteiger partial charge in [-0.2, -0.15) is 0 Å². The molecule has 0 saturated carbocycles. The number of hydrogen-bond acceptors (Lipinski definition) is 3. The van der Waals surface area contributed by atoms with Crippen LogP contribution in [0.4, 0.5) is 4.39 Å². The van der Waals surface area contributed by atoms with Crippen molar-refractivity contribution in [2.45, 2.75) is 39.8 Å². The summed E-state index contributed by atoms with van der Waals surface area (Å²) in [6, 6.07) is 4.59. The van der Waals surface area contributed by atoms with Gasteiger partial charge in [0.05, 0.1) is 7.11 Å². The Labute approximate surface area is 114 Å². The van der Waals surface area contributed by atoms with Gasteiger partial charge in [-0.3, -0.25) is 10.1 Å². The van der Waals surface area contributed by atoms with E-state index in [0.717, 1.165) is 5.56 Å². The zero-order valence-electron chi connectivity index (χ0n) is 12.2. The quantitative estimate of drug-likeness (QED) is 0.833. The number of nitrogens with one attached hydrogen (secondary N) is 1. The summed E-state index contributed by atoms with van der Waals surface area (Å²) in [5.74, 6) is -0.426. The number of rotatable bonds is 5. The molecule has 0 bridgehead atoms. The molecule has 0 aromatic heterocycles. The molecular formula is C15H22FNO2. The fourth-order valence-corrected chi connectivity index (χ4v) is 1.90. The van der Waals surface area contributed by atoms with E-state index in [4.69, 9.17) is 4.74 Å². The van der Waals surface area contributed by atoms with Gasteiger partial charge in [0, 0.05) is 6.04 Å². The second kappa shape index (κ2) is 6.66. The topological polar surface area (TPSA) is 38.3 Å². The first-order valence-electron chi connectivity index (χ1n) is 6.46. The third-order valence-corrected chi connectivity index (χ3v) is 3.25. The van der Waals surface area contributed by atoms with Crippen LogP contribution in [0.1, 0.15) is 37.9 Å². The van der Waals surface area contributed by atoms with Crippen LogP contribution in [0.15, 0.2) is 18.2 Å². The molecule has 3 nitrogen and oxygen atoms in total. The van der Waals surface area contributed by atoms with E-state index in [1.807, 2.05) is 26.8 Å². The van der Waals surface area contributed by atoms with Crippen LogP contribution in [0.2, 0.25) is 0 Å². The van der Waals surface area contributed by atoms with Crippen molar-refractivity contribution in [3.63, 3.8) is 0 Å². The van der Waals surface area contributed by atoms with Crippen LogP contribution >= 0.6 is 0 Å². The summed E-state index contributed by atoms with van der Waals surface area (Å²) in [5, 5.41) is 3.19. The third kappa shape index (κ3) is 4.03. The molecule has 0 amide bonds. The molecule has 0 radical (unpaired) electrons. The molecule has 0 fully saturated rings. The SMILES string of the molecule is COC(=O)[C@@H](NC(C)c1ccc(C)c(F)c1)C(C)C. The predicted molar refractivity (Wildman–Crippen MR) is 73.3 cm³/mol. The van der Waals surface area contributed by atoms with Crippen molar-refractivity contribution in [2.24, 2.45) is 5.92 Å². The molecule has 0 aliphatic carbocycles. The van der Waals surface area contributed by atoms with Gasteiger partial charge in [-0.15, -0.1) is 0 Å². The summed E-state index contributed by atoms with van der Waals surface area (Å²) >= 11 is 0. The molecule has 1 unspecified atom stereocenters. The maximum atomic E-state index is 13.5. The Kier molecular flexibility index (Phi) is 5.48. The standard InChI is InChI=1S/C15H22FNO2/c1-9(2)14(15(18)19-5)17-11(4)12-7-6-10(3)13(16)8-12/h6-9,11,14,17H,1-5H3/t11?,14-/m0/s1. The van der Waals surface area contributed by atoms with Crippen molar-refractivity contribution in [3.8, 4) is 0 Å². The van der Waals surface area contributed by atoms with E-state index < -0.39 is 6.04 Å². The number of esters is 1. The van der Waals surface area contributed by atoms with Crippen LogP contribution in [-0.2, 0) is 9.53 Å². The van der Waals surface area contributed by atoms with Gasteiger partial charge >= 0.3 is 5.97 Å². The van der Waals surface area contributed by atoms with Crippen LogP contribution in [0.3, 0.4) is 0 Å². The van der Waals surface area contributed by atoms with Gasteiger partial charge < -0.3 is 4.74 Å². The van der Waals surface area contributed by atoms with Crippen molar-refractivity contribution >= 4 is 5.97 Å². The average Bonchev–Trinajstić information content (AvgIpc) is 2.37. The molecule has 4 heteroatoms. The molecule has 106 valence electrons. The fraction of sp³-hybridized carbons (Fsp3) is 0.533. The predicted octanol–water partition coefficient (Wildman–Crippen LogP) is 2.98. The average molecular weight is 267 g/mol. The van der Waals surface area contributed by atoms with Gasteiger partial charge in [-0.1, -0.05) is 26.0 Å². The van der Waals surface area contributed by atoms with E-state index in [1.54, 1.807) is 13.0 Å². The van der Waals surface area contributed by atoms with Crippen molar-refractivity contribution in [2.75, 3.05) is 7.11 Å². The number of hydrogen-bond donors (Lipinski definition) is 1. The lowest BCUT2D eigenvalue weighted by atomic mass is 10.0. The zero-order chi connectivity index (χ0) is 14.6. The molecule has 19 heavy (non-hydrogen) atoms. The second-order valence-corrected chi connectivity index (χ2v) is 5.14. The maximum absolute atomic E-state index is 13.5. The molecule has 0 saturated heterocycles. The van der Waals surface area contributed by atoms with Gasteiger partial charge in [-0.05, 0) is 37.0 Å². The van der Waals surface area contributed by atoms with E-state index in [2.05, 4.69) is 5.32 Å². The molecule has 0 aliphatic rings. The summed E-state index contributed by atoms with van der Waals surface area (Å²) in [5.41, 5.74) is 1.43. The minimum absolute atomic E-state index is 0.102. The van der Waals surface area contributed by atoms with Crippen LogP contribution in [0.25, 0.3) is 0 Å². The number of carbonyl (C=O) groups excluding carboxylic acids is 1. The van der Waals surface area contributed by atoms with Gasteiger partial charge in [0.2, 0.25) is 0 Å². The van der Waals surface area contributed by atoms with Gasteiger partial charge in [0.1, 0.15) is 11.9 Å². The fourth-order valence-electron chi connectivity index (χ4n) is 1.90. The number of carbonyl (C=O) groups is 1. The number of aryl methyl sites for hydroxylation is 1. The lowest BCUT2D eigenvalue weighted by molar-refractivity contribution is -0.144. The van der Waals surface area contributed by atoms with Gasteiger partial charge in [0.15, 0.2) is 0 Å². The molecule has 1 N–H and O–H groups in total. The number of halogens is 1. The summed E-state index contributed by atoms with van der Waals surface area (Å²) in [7, 11) is 1.37. The first-order valence-corrected chi connectivity index (χ1v) is 6.46. The second-order valence-electron chi connectivity index (χ2n) is 5.14. The number of ether oxygens (including phenoxy) is 1. The summed E-state index contributed by atoms with van der Waals surface area (Å²) in [6.07, 6.45) is 0. The minimum atomic E-state index is -0.399. The van der Waals surface area contributed by atoms with Crippen LogP contribution in [0.5, 0.6) is 0 Å². The maximum Gasteiger partial charge on any atom is 0.323 e. The Morgan fingerprint density at radius 2 is 1.95 bits per heavy atom. The number of benzene rings is 1. The van der Waals surface area contributed by atoms with E-state index in [-0.39, 0.29) is 23.7 Å². The third-order valence-electron chi connectivity index (χ3n) is 3.25. The highest BCUT2D eigenvalue weighted by Gasteiger charge is 2.24. The molecule has 0 spiro atoms. The molecular weight excluding hydrogens is 245 g/mol. The molecule has 1 aromatic rings. The first-order chi connectivity index (χ1) is 8.86. The van der Waals surface area contributed by atoms with Crippen LogP contribution in [-0.4, -0.2) is 19.1 Å². The largest absolute Gasteiger partial charge is 0.468 e. The Hall–Kier alpha value is -1.42. The highest BCUT2D eigenvalue weighted by molar-refractivity contribution is 5.76. The van der Waals surface area contributed by atoms with Gasteiger partial charge in [0.25, 0.3) is 0 Å². The highest BCUT2D eigenvalue weighted by atomic mass is 19.1. The Morgan fingerprint density at radius 3 is 2.42 bits per heavy atom. The highest BCUT2D eigenvalue weighted by Crippen LogP contribution is 2.18. The lowest BCUT2D eigenvalue weighted by Crippen LogP contribution is -2.43. The zero-order valence-corrected chi connectivity index (χ0v) is 12.2. The Bertz CT molecular complexity index is 446. The lowest BCUT2D eigenvalue weighted by Gasteiger charge is -2.24. The summed E-state index contributed by atoms with van der Waals surface area (Å²) < 4.78 is 18.3. The molecule has 0 heterocycles. The van der Waals surface area contributed by atoms with Crippen molar-refractivity contribution < 1.29 is 13.9 Å². The van der Waals surface area contributed by atoms with E-state index in [0.29, 0.717) is 5.56 Å². The van der Waals surface area contributed by atoms with E-state index in [1.165, 1.54) is 13.2 Å². The molecule has 2 atom stereocenters.